The van der Waals surface area contributed by atoms with E-state index in [1.807, 2.05) is 30.3 Å². The number of rotatable bonds is 9. The van der Waals surface area contributed by atoms with Crippen LogP contribution in [-0.4, -0.2) is 40.5 Å². The summed E-state index contributed by atoms with van der Waals surface area (Å²) in [6.07, 6.45) is 1.46. The zero-order valence-electron chi connectivity index (χ0n) is 18.4. The average Bonchev–Trinajstić information content (AvgIpc) is 3.32. The number of carboxylic acid groups (broad SMARTS) is 1. The number of thioether (sulfide) groups is 1. The number of halogens is 1. The van der Waals surface area contributed by atoms with Gasteiger partial charge in [0.05, 0.1) is 6.61 Å². The molecule has 0 saturated carbocycles. The van der Waals surface area contributed by atoms with E-state index in [0.29, 0.717) is 21.9 Å². The predicted octanol–water partition coefficient (Wildman–Crippen LogP) is 5.70. The first-order chi connectivity index (χ1) is 16.9. The number of ether oxygens (including phenoxy) is 2. The maximum atomic E-state index is 12.1. The third-order valence-corrected chi connectivity index (χ3v) is 5.87. The van der Waals surface area contributed by atoms with Gasteiger partial charge in [-0.1, -0.05) is 41.9 Å². The number of aliphatic carboxylic acids is 1. The fourth-order valence-corrected chi connectivity index (χ4v) is 3.99. The first kappa shape index (κ1) is 24.3. The van der Waals surface area contributed by atoms with Gasteiger partial charge in [0.1, 0.15) is 10.7 Å². The third kappa shape index (κ3) is 6.00. The average molecular weight is 511 g/mol. The molecule has 0 radical (unpaired) electrons. The molecule has 4 aromatic rings. The van der Waals surface area contributed by atoms with Crippen LogP contribution >= 0.6 is 23.4 Å². The monoisotopic (exact) mass is 510 g/mol. The molecule has 1 aromatic heterocycles. The molecule has 0 aliphatic rings. The van der Waals surface area contributed by atoms with Crippen molar-refractivity contribution in [2.24, 2.45) is 0 Å². The Morgan fingerprint density at radius 3 is 2.60 bits per heavy atom. The molecule has 0 fully saturated rings. The van der Waals surface area contributed by atoms with Crippen molar-refractivity contribution in [1.29, 1.82) is 0 Å². The molecule has 0 aliphatic carbocycles. The molecular weight excluding hydrogens is 492 g/mol. The Labute approximate surface area is 209 Å². The number of fused-ring (bicyclic) bond motifs is 1. The summed E-state index contributed by atoms with van der Waals surface area (Å²) in [6.45, 7) is 1.62. The van der Waals surface area contributed by atoms with E-state index in [2.05, 4.69) is 10.2 Å². The van der Waals surface area contributed by atoms with Crippen molar-refractivity contribution in [3.05, 3.63) is 76.2 Å². The molecule has 35 heavy (non-hydrogen) atoms. The minimum Gasteiger partial charge on any atom is -0.481 e. The lowest BCUT2D eigenvalue weighted by atomic mass is 10.0. The van der Waals surface area contributed by atoms with Gasteiger partial charge in [-0.25, -0.2) is 9.59 Å². The summed E-state index contributed by atoms with van der Waals surface area (Å²) < 4.78 is 16.3. The van der Waals surface area contributed by atoms with Crippen LogP contribution in [0.1, 0.15) is 12.5 Å². The number of carboxylic acids is 1. The summed E-state index contributed by atoms with van der Waals surface area (Å²) in [6, 6.07) is 17.8. The molecule has 0 amide bonds. The molecule has 0 aliphatic heterocycles. The molecule has 1 N–H and O–H groups in total. The van der Waals surface area contributed by atoms with Gasteiger partial charge < -0.3 is 19.0 Å². The van der Waals surface area contributed by atoms with E-state index >= 15 is 0 Å². The van der Waals surface area contributed by atoms with Crippen LogP contribution in [0.5, 0.6) is 5.75 Å². The Hall–Kier alpha value is -3.82. The van der Waals surface area contributed by atoms with Crippen molar-refractivity contribution < 1.29 is 28.6 Å². The molecular formula is C25H19ClN2O6S. The molecule has 0 saturated heterocycles. The summed E-state index contributed by atoms with van der Waals surface area (Å²) in [5, 5.41) is 20.1. The van der Waals surface area contributed by atoms with E-state index in [1.165, 1.54) is 6.08 Å². The highest BCUT2D eigenvalue weighted by atomic mass is 35.5. The highest BCUT2D eigenvalue weighted by molar-refractivity contribution is 8.03. The van der Waals surface area contributed by atoms with Gasteiger partial charge >= 0.3 is 11.9 Å². The molecule has 3 aromatic carbocycles. The van der Waals surface area contributed by atoms with Gasteiger partial charge in [0.15, 0.2) is 6.61 Å². The Morgan fingerprint density at radius 2 is 1.86 bits per heavy atom. The molecule has 0 spiro atoms. The van der Waals surface area contributed by atoms with E-state index < -0.39 is 11.9 Å². The largest absolute Gasteiger partial charge is 0.481 e. The SMILES string of the molecule is CCOC(=O)COc1ccc2ccccc2c1/C=C(\Sc1nnc(-c2ccc(Cl)cc2)o1)C(=O)O. The summed E-state index contributed by atoms with van der Waals surface area (Å²) in [4.78, 5) is 23.8. The summed E-state index contributed by atoms with van der Waals surface area (Å²) in [7, 11) is 0. The Balaban J connectivity index is 1.68. The van der Waals surface area contributed by atoms with Crippen LogP contribution in [-0.2, 0) is 14.3 Å². The fraction of sp³-hybridized carbons (Fsp3) is 0.120. The number of hydrogen-bond acceptors (Lipinski definition) is 8. The number of carbonyl (C=O) groups excluding carboxylic acids is 1. The van der Waals surface area contributed by atoms with Gasteiger partial charge in [0, 0.05) is 16.1 Å². The van der Waals surface area contributed by atoms with E-state index in [0.717, 1.165) is 22.5 Å². The van der Waals surface area contributed by atoms with Crippen molar-refractivity contribution in [1.82, 2.24) is 10.2 Å². The van der Waals surface area contributed by atoms with Crippen LogP contribution in [0.25, 0.3) is 28.3 Å². The van der Waals surface area contributed by atoms with Gasteiger partial charge in [0.2, 0.25) is 5.89 Å². The summed E-state index contributed by atoms with van der Waals surface area (Å²) in [5.41, 5.74) is 1.15. The summed E-state index contributed by atoms with van der Waals surface area (Å²) >= 11 is 6.72. The number of carbonyl (C=O) groups is 2. The smallest absolute Gasteiger partial charge is 0.344 e. The molecule has 10 heteroatoms. The number of nitrogens with zero attached hydrogens (tertiary/aromatic N) is 2. The minimum absolute atomic E-state index is 0.0535. The van der Waals surface area contributed by atoms with Crippen molar-refractivity contribution in [2.45, 2.75) is 12.1 Å². The van der Waals surface area contributed by atoms with E-state index in [1.54, 1.807) is 37.3 Å². The molecule has 0 bridgehead atoms. The number of hydrogen-bond donors (Lipinski definition) is 1. The lowest BCUT2D eigenvalue weighted by molar-refractivity contribution is -0.145. The second-order valence-electron chi connectivity index (χ2n) is 7.09. The van der Waals surface area contributed by atoms with Crippen LogP contribution in [0.3, 0.4) is 0 Å². The Bertz CT molecular complexity index is 1400. The van der Waals surface area contributed by atoms with Crippen LogP contribution in [0, 0.1) is 0 Å². The van der Waals surface area contributed by atoms with Gasteiger partial charge in [0.25, 0.3) is 5.22 Å². The van der Waals surface area contributed by atoms with Crippen molar-refractivity contribution in [3.63, 3.8) is 0 Å². The minimum atomic E-state index is -1.19. The second-order valence-corrected chi connectivity index (χ2v) is 8.52. The topological polar surface area (TPSA) is 112 Å². The highest BCUT2D eigenvalue weighted by Gasteiger charge is 2.18. The first-order valence-electron chi connectivity index (χ1n) is 10.5. The van der Waals surface area contributed by atoms with Gasteiger partial charge in [-0.2, -0.15) is 0 Å². The third-order valence-electron chi connectivity index (χ3n) is 4.76. The van der Waals surface area contributed by atoms with Crippen molar-refractivity contribution in [2.75, 3.05) is 13.2 Å². The summed E-state index contributed by atoms with van der Waals surface area (Å²) in [5.74, 6) is -1.14. The maximum Gasteiger partial charge on any atom is 0.344 e. The van der Waals surface area contributed by atoms with Crippen LogP contribution in [0.2, 0.25) is 5.02 Å². The quantitative estimate of drug-likeness (QED) is 0.172. The second kappa shape index (κ2) is 11.1. The normalized spacial score (nSPS) is 11.4. The number of esters is 1. The van der Waals surface area contributed by atoms with E-state index in [9.17, 15) is 14.7 Å². The highest BCUT2D eigenvalue weighted by Crippen LogP contribution is 2.35. The Kier molecular flexibility index (Phi) is 7.69. The first-order valence-corrected chi connectivity index (χ1v) is 11.7. The lowest BCUT2D eigenvalue weighted by Gasteiger charge is -2.12. The maximum absolute atomic E-state index is 12.1. The number of benzene rings is 3. The molecule has 1 heterocycles. The van der Waals surface area contributed by atoms with Crippen LogP contribution in [0.4, 0.5) is 0 Å². The molecule has 0 unspecified atom stereocenters. The fourth-order valence-electron chi connectivity index (χ4n) is 3.21. The zero-order valence-corrected chi connectivity index (χ0v) is 20.0. The van der Waals surface area contributed by atoms with Gasteiger partial charge in [-0.05, 0) is 65.9 Å². The Morgan fingerprint density at radius 1 is 1.09 bits per heavy atom. The molecule has 178 valence electrons. The molecule has 0 atom stereocenters. The van der Waals surface area contributed by atoms with Crippen LogP contribution in [0.15, 0.2) is 75.2 Å². The molecule has 4 rings (SSSR count). The van der Waals surface area contributed by atoms with Crippen molar-refractivity contribution >= 4 is 52.1 Å². The zero-order chi connectivity index (χ0) is 24.8. The van der Waals surface area contributed by atoms with Gasteiger partial charge in [-0.3, -0.25) is 0 Å². The van der Waals surface area contributed by atoms with E-state index in [-0.39, 0.29) is 29.2 Å². The van der Waals surface area contributed by atoms with Crippen molar-refractivity contribution in [3.8, 4) is 17.2 Å². The van der Waals surface area contributed by atoms with Crippen LogP contribution < -0.4 is 4.74 Å². The van der Waals surface area contributed by atoms with Gasteiger partial charge in [-0.15, -0.1) is 10.2 Å². The predicted molar refractivity (Wildman–Crippen MR) is 132 cm³/mol. The number of aromatic nitrogens is 2. The molecule has 8 nitrogen and oxygen atoms in total. The van der Waals surface area contributed by atoms with E-state index in [4.69, 9.17) is 25.5 Å². The standard InChI is InChI=1S/C25H19ClN2O6S/c1-2-32-22(29)14-33-20-12-9-15-5-3-4-6-18(15)19(20)13-21(24(30)31)35-25-28-27-23(34-25)16-7-10-17(26)11-8-16/h3-13H,2,14H2,1H3,(H,30,31)/b21-13-. The lowest BCUT2D eigenvalue weighted by Crippen LogP contribution is -2.15.